The number of pyridine rings is 1. The standard InChI is InChI=1S/C16H15N5S/c1-2-6-14(7-3-1)20-9-10-21-15(20)18-19-16(21)22-12-13-5-4-8-17-11-13/h1-8,11H,9-10,12H2. The van der Waals surface area contributed by atoms with Crippen LogP contribution in [0.2, 0.25) is 0 Å². The molecule has 3 aromatic rings. The molecule has 0 saturated heterocycles. The van der Waals surface area contributed by atoms with Crippen LogP contribution in [-0.4, -0.2) is 26.3 Å². The van der Waals surface area contributed by atoms with Gasteiger partial charge in [-0.05, 0) is 23.8 Å². The number of nitrogens with zero attached hydrogens (tertiary/aromatic N) is 5. The zero-order valence-corrected chi connectivity index (χ0v) is 12.8. The minimum absolute atomic E-state index is 0.858. The molecule has 0 fully saturated rings. The predicted molar refractivity (Wildman–Crippen MR) is 87.3 cm³/mol. The molecule has 0 radical (unpaired) electrons. The van der Waals surface area contributed by atoms with Crippen LogP contribution in [0.4, 0.5) is 11.6 Å². The van der Waals surface area contributed by atoms with Crippen LogP contribution in [0.1, 0.15) is 5.56 Å². The van der Waals surface area contributed by atoms with E-state index >= 15 is 0 Å². The normalized spacial score (nSPS) is 13.4. The molecule has 3 heterocycles. The third kappa shape index (κ3) is 2.46. The fourth-order valence-corrected chi connectivity index (χ4v) is 3.46. The van der Waals surface area contributed by atoms with E-state index in [0.717, 1.165) is 35.6 Å². The Morgan fingerprint density at radius 1 is 1.00 bits per heavy atom. The van der Waals surface area contributed by atoms with Gasteiger partial charge in [-0.25, -0.2) is 0 Å². The zero-order chi connectivity index (χ0) is 14.8. The highest BCUT2D eigenvalue weighted by molar-refractivity contribution is 7.98. The van der Waals surface area contributed by atoms with E-state index in [-0.39, 0.29) is 0 Å². The summed E-state index contributed by atoms with van der Waals surface area (Å²) in [5, 5.41) is 9.68. The third-order valence-electron chi connectivity index (χ3n) is 3.64. The van der Waals surface area contributed by atoms with Crippen molar-refractivity contribution in [1.82, 2.24) is 19.7 Å². The maximum atomic E-state index is 4.37. The minimum Gasteiger partial charge on any atom is -0.309 e. The summed E-state index contributed by atoms with van der Waals surface area (Å²) in [5.74, 6) is 1.79. The highest BCUT2D eigenvalue weighted by Crippen LogP contribution is 2.32. The van der Waals surface area contributed by atoms with Crippen molar-refractivity contribution in [3.05, 3.63) is 60.4 Å². The molecule has 1 aliphatic rings. The molecule has 0 atom stereocenters. The van der Waals surface area contributed by atoms with Crippen LogP contribution < -0.4 is 4.90 Å². The highest BCUT2D eigenvalue weighted by Gasteiger charge is 2.25. The van der Waals surface area contributed by atoms with Crippen molar-refractivity contribution < 1.29 is 0 Å². The average molecular weight is 309 g/mol. The van der Waals surface area contributed by atoms with Gasteiger partial charge in [-0.1, -0.05) is 36.0 Å². The topological polar surface area (TPSA) is 46.8 Å². The van der Waals surface area contributed by atoms with Gasteiger partial charge < -0.3 is 4.90 Å². The van der Waals surface area contributed by atoms with E-state index in [2.05, 4.69) is 42.8 Å². The highest BCUT2D eigenvalue weighted by atomic mass is 32.2. The van der Waals surface area contributed by atoms with Gasteiger partial charge in [-0.3, -0.25) is 9.55 Å². The number of benzene rings is 1. The number of rotatable bonds is 4. The van der Waals surface area contributed by atoms with Gasteiger partial charge in [0, 0.05) is 36.9 Å². The second-order valence-corrected chi connectivity index (χ2v) is 6.01. The van der Waals surface area contributed by atoms with Gasteiger partial charge in [0.15, 0.2) is 5.16 Å². The summed E-state index contributed by atoms with van der Waals surface area (Å²) in [6.45, 7) is 1.86. The predicted octanol–water partition coefficient (Wildman–Crippen LogP) is 3.12. The number of aromatic nitrogens is 4. The number of anilines is 2. The molecular weight excluding hydrogens is 294 g/mol. The van der Waals surface area contributed by atoms with E-state index in [4.69, 9.17) is 0 Å². The van der Waals surface area contributed by atoms with Gasteiger partial charge in [0.25, 0.3) is 0 Å². The smallest absolute Gasteiger partial charge is 0.232 e. The van der Waals surface area contributed by atoms with Gasteiger partial charge >= 0.3 is 0 Å². The Morgan fingerprint density at radius 2 is 1.91 bits per heavy atom. The Kier molecular flexibility index (Phi) is 3.52. The zero-order valence-electron chi connectivity index (χ0n) is 12.0. The number of para-hydroxylation sites is 1. The molecule has 1 aromatic carbocycles. The lowest BCUT2D eigenvalue weighted by Crippen LogP contribution is -2.13. The second kappa shape index (κ2) is 5.81. The SMILES string of the molecule is c1ccc(N2CCn3c(SCc4cccnc4)nnc32)cc1. The largest absolute Gasteiger partial charge is 0.309 e. The van der Waals surface area contributed by atoms with Crippen molar-refractivity contribution in [3.8, 4) is 0 Å². The van der Waals surface area contributed by atoms with Crippen LogP contribution in [-0.2, 0) is 12.3 Å². The number of hydrogen-bond donors (Lipinski definition) is 0. The molecule has 0 spiro atoms. The molecule has 2 aromatic heterocycles. The first kappa shape index (κ1) is 13.3. The summed E-state index contributed by atoms with van der Waals surface area (Å²) >= 11 is 1.71. The van der Waals surface area contributed by atoms with Crippen molar-refractivity contribution in [2.45, 2.75) is 17.5 Å². The summed E-state index contributed by atoms with van der Waals surface area (Å²) < 4.78 is 2.19. The van der Waals surface area contributed by atoms with Crippen LogP contribution in [0, 0.1) is 0 Å². The van der Waals surface area contributed by atoms with Crippen molar-refractivity contribution in [1.29, 1.82) is 0 Å². The van der Waals surface area contributed by atoms with Gasteiger partial charge in [-0.15, -0.1) is 10.2 Å². The summed E-state index contributed by atoms with van der Waals surface area (Å²) in [6.07, 6.45) is 3.69. The summed E-state index contributed by atoms with van der Waals surface area (Å²) in [4.78, 5) is 6.35. The van der Waals surface area contributed by atoms with Crippen molar-refractivity contribution >= 4 is 23.4 Å². The van der Waals surface area contributed by atoms with Gasteiger partial charge in [0.05, 0.1) is 0 Å². The fourth-order valence-electron chi connectivity index (χ4n) is 2.57. The lowest BCUT2D eigenvalue weighted by Gasteiger charge is -2.14. The van der Waals surface area contributed by atoms with Crippen molar-refractivity contribution in [2.75, 3.05) is 11.4 Å². The Balaban J connectivity index is 1.53. The summed E-state index contributed by atoms with van der Waals surface area (Å²) in [5.41, 5.74) is 2.36. The van der Waals surface area contributed by atoms with Crippen LogP contribution in [0.3, 0.4) is 0 Å². The molecule has 5 nitrogen and oxygen atoms in total. The maximum Gasteiger partial charge on any atom is 0.232 e. The van der Waals surface area contributed by atoms with Crippen LogP contribution in [0.15, 0.2) is 60.0 Å². The van der Waals surface area contributed by atoms with Gasteiger partial charge in [-0.2, -0.15) is 0 Å². The molecule has 0 aliphatic carbocycles. The maximum absolute atomic E-state index is 4.37. The second-order valence-electron chi connectivity index (χ2n) is 5.07. The van der Waals surface area contributed by atoms with E-state index in [0.29, 0.717) is 0 Å². The average Bonchev–Trinajstić information content (AvgIpc) is 3.17. The molecular formula is C16H15N5S. The number of thioether (sulfide) groups is 1. The molecule has 0 amide bonds. The Labute approximate surface area is 133 Å². The Bertz CT molecular complexity index is 757. The number of fused-ring (bicyclic) bond motifs is 1. The third-order valence-corrected chi connectivity index (χ3v) is 4.68. The first-order chi connectivity index (χ1) is 10.9. The molecule has 0 unspecified atom stereocenters. The van der Waals surface area contributed by atoms with Gasteiger partial charge in [0.2, 0.25) is 5.95 Å². The van der Waals surface area contributed by atoms with E-state index in [1.165, 1.54) is 5.56 Å². The molecule has 0 bridgehead atoms. The number of hydrogen-bond acceptors (Lipinski definition) is 5. The van der Waals surface area contributed by atoms with Crippen LogP contribution in [0.25, 0.3) is 0 Å². The lowest BCUT2D eigenvalue weighted by atomic mass is 10.3. The molecule has 0 saturated carbocycles. The quantitative estimate of drug-likeness (QED) is 0.693. The summed E-state index contributed by atoms with van der Waals surface area (Å²) in [6, 6.07) is 14.4. The molecule has 1 aliphatic heterocycles. The molecule has 4 rings (SSSR count). The van der Waals surface area contributed by atoms with E-state index < -0.39 is 0 Å². The van der Waals surface area contributed by atoms with Gasteiger partial charge in [0.1, 0.15) is 0 Å². The molecule has 6 heteroatoms. The summed E-state index contributed by atoms with van der Waals surface area (Å²) in [7, 11) is 0. The molecule has 0 N–H and O–H groups in total. The fraction of sp³-hybridized carbons (Fsp3) is 0.188. The molecule has 110 valence electrons. The lowest BCUT2D eigenvalue weighted by molar-refractivity contribution is 0.704. The first-order valence-corrected chi connectivity index (χ1v) is 8.18. The van der Waals surface area contributed by atoms with Crippen molar-refractivity contribution in [2.24, 2.45) is 0 Å². The van der Waals surface area contributed by atoms with E-state index in [1.807, 2.05) is 30.5 Å². The van der Waals surface area contributed by atoms with E-state index in [1.54, 1.807) is 18.0 Å². The van der Waals surface area contributed by atoms with Crippen molar-refractivity contribution in [3.63, 3.8) is 0 Å². The molecule has 22 heavy (non-hydrogen) atoms. The Morgan fingerprint density at radius 3 is 2.73 bits per heavy atom. The minimum atomic E-state index is 0.858. The van der Waals surface area contributed by atoms with Crippen LogP contribution in [0.5, 0.6) is 0 Å². The first-order valence-electron chi connectivity index (χ1n) is 7.19. The monoisotopic (exact) mass is 309 g/mol. The Hall–Kier alpha value is -2.34. The van der Waals surface area contributed by atoms with E-state index in [9.17, 15) is 0 Å². The van der Waals surface area contributed by atoms with Crippen LogP contribution >= 0.6 is 11.8 Å².